The zero-order chi connectivity index (χ0) is 29.0. The summed E-state index contributed by atoms with van der Waals surface area (Å²) in [6.45, 7) is 15.7. The van der Waals surface area contributed by atoms with E-state index >= 15 is 0 Å². The number of amides is 2. The van der Waals surface area contributed by atoms with E-state index in [1.165, 1.54) is 25.7 Å². The SMILES string of the molecule is CC(C)C[C@H](NC(=O)C(C)C)C(=O)N1CCN([C@H]2C[C@@]3(C)[C@@H](CC[C@@H]4[C@@H]3CC[C@]3(C)[C@@H](O)CC[C@@H]43)C[C@@H]2O)CC1. The molecule has 40 heavy (non-hydrogen) atoms. The molecule has 0 aromatic rings. The molecular weight excluding hydrogens is 502 g/mol. The normalized spacial score (nSPS) is 42.8. The number of hydrogen-bond acceptors (Lipinski definition) is 5. The third kappa shape index (κ3) is 5.37. The molecule has 5 aliphatic rings. The molecule has 0 aromatic carbocycles. The quantitative estimate of drug-likeness (QED) is 0.457. The second kappa shape index (κ2) is 11.5. The second-order valence-electron chi connectivity index (χ2n) is 15.6. The van der Waals surface area contributed by atoms with Gasteiger partial charge in [0.2, 0.25) is 11.8 Å². The van der Waals surface area contributed by atoms with Crippen LogP contribution >= 0.6 is 0 Å². The van der Waals surface area contributed by atoms with Crippen LogP contribution in [0.3, 0.4) is 0 Å². The fourth-order valence-corrected chi connectivity index (χ4v) is 10.1. The minimum atomic E-state index is -0.466. The minimum absolute atomic E-state index is 0.0395. The van der Waals surface area contributed by atoms with Crippen molar-refractivity contribution in [2.75, 3.05) is 26.2 Å². The Hall–Kier alpha value is -1.18. The first-order valence-corrected chi connectivity index (χ1v) is 16.5. The molecular formula is C33H57N3O4. The zero-order valence-electron chi connectivity index (χ0n) is 26.1. The molecule has 1 aliphatic heterocycles. The molecule has 1 heterocycles. The Labute approximate surface area is 242 Å². The lowest BCUT2D eigenvalue weighted by molar-refractivity contribution is -0.157. The van der Waals surface area contributed by atoms with Gasteiger partial charge in [0.25, 0.3) is 0 Å². The first-order chi connectivity index (χ1) is 18.8. The molecule has 7 nitrogen and oxygen atoms in total. The van der Waals surface area contributed by atoms with Crippen LogP contribution in [0.5, 0.6) is 0 Å². The summed E-state index contributed by atoms with van der Waals surface area (Å²) in [5.74, 6) is 2.78. The van der Waals surface area contributed by atoms with E-state index in [-0.39, 0.29) is 46.8 Å². The molecule has 3 N–H and O–H groups in total. The number of carbonyl (C=O) groups excluding carboxylic acids is 2. The summed E-state index contributed by atoms with van der Waals surface area (Å²) in [5.41, 5.74) is 0.334. The molecule has 228 valence electrons. The Morgan fingerprint density at radius 3 is 2.23 bits per heavy atom. The van der Waals surface area contributed by atoms with E-state index in [9.17, 15) is 19.8 Å². The number of rotatable bonds is 6. The number of nitrogens with one attached hydrogen (secondary N) is 1. The van der Waals surface area contributed by atoms with Crippen molar-refractivity contribution in [3.63, 3.8) is 0 Å². The summed E-state index contributed by atoms with van der Waals surface area (Å²) in [4.78, 5) is 30.3. The van der Waals surface area contributed by atoms with Crippen LogP contribution in [-0.2, 0) is 9.59 Å². The lowest BCUT2D eigenvalue weighted by atomic mass is 9.44. The highest BCUT2D eigenvalue weighted by atomic mass is 16.3. The Bertz CT molecular complexity index is 933. The van der Waals surface area contributed by atoms with Gasteiger partial charge in [-0.25, -0.2) is 0 Å². The van der Waals surface area contributed by atoms with Crippen LogP contribution < -0.4 is 5.32 Å². The number of fused-ring (bicyclic) bond motifs is 5. The van der Waals surface area contributed by atoms with Crippen LogP contribution in [0.25, 0.3) is 0 Å². The van der Waals surface area contributed by atoms with Crippen molar-refractivity contribution in [1.29, 1.82) is 0 Å². The largest absolute Gasteiger partial charge is 0.393 e. The summed E-state index contributed by atoms with van der Waals surface area (Å²) < 4.78 is 0. The summed E-state index contributed by atoms with van der Waals surface area (Å²) in [5, 5.41) is 25.3. The number of hydrogen-bond donors (Lipinski definition) is 3. The van der Waals surface area contributed by atoms with Crippen LogP contribution in [-0.4, -0.2) is 82.3 Å². The van der Waals surface area contributed by atoms with Crippen molar-refractivity contribution >= 4 is 11.8 Å². The van der Waals surface area contributed by atoms with Gasteiger partial charge in [-0.1, -0.05) is 41.5 Å². The van der Waals surface area contributed by atoms with E-state index in [0.29, 0.717) is 49.1 Å². The summed E-state index contributed by atoms with van der Waals surface area (Å²) in [6, 6.07) is -0.321. The van der Waals surface area contributed by atoms with E-state index in [1.54, 1.807) is 0 Å². The van der Waals surface area contributed by atoms with Crippen molar-refractivity contribution in [2.45, 2.75) is 124 Å². The number of aliphatic hydroxyl groups excluding tert-OH is 2. The number of carbonyl (C=O) groups is 2. The van der Waals surface area contributed by atoms with Crippen molar-refractivity contribution in [3.8, 4) is 0 Å². The van der Waals surface area contributed by atoms with Gasteiger partial charge in [-0.2, -0.15) is 0 Å². The van der Waals surface area contributed by atoms with Crippen LogP contribution in [0.1, 0.15) is 99.3 Å². The van der Waals surface area contributed by atoms with Crippen molar-refractivity contribution < 1.29 is 19.8 Å². The van der Waals surface area contributed by atoms with Gasteiger partial charge in [-0.05, 0) is 98.2 Å². The highest BCUT2D eigenvalue weighted by molar-refractivity contribution is 5.88. The molecule has 4 saturated carbocycles. The van der Waals surface area contributed by atoms with Crippen molar-refractivity contribution in [3.05, 3.63) is 0 Å². The standard InChI is InChI=1S/C33H57N3O4/c1-20(2)17-26(34-30(39)21(3)4)31(40)36-15-13-35(14-16-36)27-19-33(6)22(18-28(27)37)7-8-23-24-9-10-29(38)32(24,5)12-11-25(23)33/h20-29,37-38H,7-19H2,1-6H3,(H,34,39)/t22-,23-,24-,25-,26-,27-,28-,29-,32-,33-/m0/s1. The van der Waals surface area contributed by atoms with Crippen molar-refractivity contribution in [2.24, 2.45) is 46.3 Å². The highest BCUT2D eigenvalue weighted by Gasteiger charge is 2.61. The highest BCUT2D eigenvalue weighted by Crippen LogP contribution is 2.66. The Balaban J connectivity index is 1.24. The van der Waals surface area contributed by atoms with Gasteiger partial charge in [0.15, 0.2) is 0 Å². The molecule has 2 amide bonds. The van der Waals surface area contributed by atoms with E-state index < -0.39 is 6.04 Å². The lowest BCUT2D eigenvalue weighted by Crippen LogP contribution is -2.63. The fraction of sp³-hybridized carbons (Fsp3) is 0.939. The summed E-state index contributed by atoms with van der Waals surface area (Å²) in [6.07, 6.45) is 9.12. The molecule has 1 saturated heterocycles. The average molecular weight is 560 g/mol. The van der Waals surface area contributed by atoms with Gasteiger partial charge in [0.1, 0.15) is 6.04 Å². The van der Waals surface area contributed by atoms with Gasteiger partial charge in [-0.15, -0.1) is 0 Å². The lowest BCUT2D eigenvalue weighted by Gasteiger charge is -2.62. The smallest absolute Gasteiger partial charge is 0.245 e. The molecule has 0 aromatic heterocycles. The fourth-order valence-electron chi connectivity index (χ4n) is 10.1. The topological polar surface area (TPSA) is 93.1 Å². The minimum Gasteiger partial charge on any atom is -0.393 e. The second-order valence-corrected chi connectivity index (χ2v) is 15.6. The van der Waals surface area contributed by atoms with Crippen LogP contribution in [0, 0.1) is 46.3 Å². The maximum Gasteiger partial charge on any atom is 0.245 e. The molecule has 4 aliphatic carbocycles. The molecule has 7 heteroatoms. The third-order valence-corrected chi connectivity index (χ3v) is 12.6. The monoisotopic (exact) mass is 559 g/mol. The molecule has 0 spiro atoms. The first-order valence-electron chi connectivity index (χ1n) is 16.5. The Kier molecular flexibility index (Phi) is 8.69. The van der Waals surface area contributed by atoms with Crippen molar-refractivity contribution in [1.82, 2.24) is 15.1 Å². The zero-order valence-corrected chi connectivity index (χ0v) is 26.1. The average Bonchev–Trinajstić information content (AvgIpc) is 3.22. The van der Waals surface area contributed by atoms with Crippen LogP contribution in [0.15, 0.2) is 0 Å². The molecule has 0 radical (unpaired) electrons. The van der Waals surface area contributed by atoms with E-state index in [4.69, 9.17) is 0 Å². The van der Waals surface area contributed by atoms with E-state index in [0.717, 1.165) is 38.8 Å². The third-order valence-electron chi connectivity index (χ3n) is 12.6. The van der Waals surface area contributed by atoms with Crippen LogP contribution in [0.2, 0.25) is 0 Å². The predicted molar refractivity (Wildman–Crippen MR) is 157 cm³/mol. The van der Waals surface area contributed by atoms with Crippen LogP contribution in [0.4, 0.5) is 0 Å². The molecule has 0 unspecified atom stereocenters. The molecule has 0 bridgehead atoms. The maximum atomic E-state index is 13.5. The maximum absolute atomic E-state index is 13.5. The number of nitrogens with zero attached hydrogens (tertiary/aromatic N) is 2. The Morgan fingerprint density at radius 2 is 1.57 bits per heavy atom. The summed E-state index contributed by atoms with van der Waals surface area (Å²) in [7, 11) is 0. The summed E-state index contributed by atoms with van der Waals surface area (Å²) >= 11 is 0. The molecule has 5 rings (SSSR count). The predicted octanol–water partition coefficient (Wildman–Crippen LogP) is 4.06. The number of aliphatic hydroxyl groups is 2. The van der Waals surface area contributed by atoms with Gasteiger partial charge >= 0.3 is 0 Å². The van der Waals surface area contributed by atoms with Gasteiger partial charge in [0.05, 0.1) is 12.2 Å². The number of piperazine rings is 1. The van der Waals surface area contributed by atoms with Gasteiger partial charge in [0, 0.05) is 38.1 Å². The molecule has 10 atom stereocenters. The molecule has 5 fully saturated rings. The van der Waals surface area contributed by atoms with Gasteiger partial charge in [-0.3, -0.25) is 14.5 Å². The first kappa shape index (κ1) is 30.3. The Morgan fingerprint density at radius 1 is 0.900 bits per heavy atom. The van der Waals surface area contributed by atoms with E-state index in [2.05, 4.69) is 37.9 Å². The van der Waals surface area contributed by atoms with Gasteiger partial charge < -0.3 is 20.4 Å². The van der Waals surface area contributed by atoms with E-state index in [1.807, 2.05) is 18.7 Å².